The first-order valence-corrected chi connectivity index (χ1v) is 4.58. The lowest BCUT2D eigenvalue weighted by molar-refractivity contribution is 0.891. The first kappa shape index (κ1) is 7.59. The van der Waals surface area contributed by atoms with E-state index in [4.69, 9.17) is 5.73 Å². The zero-order valence-electron chi connectivity index (χ0n) is 7.43. The van der Waals surface area contributed by atoms with Gasteiger partial charge in [-0.25, -0.2) is 0 Å². The van der Waals surface area contributed by atoms with E-state index >= 15 is 0 Å². The van der Waals surface area contributed by atoms with E-state index in [1.807, 2.05) is 6.07 Å². The van der Waals surface area contributed by atoms with Crippen LogP contribution in [0.15, 0.2) is 6.07 Å². The highest BCUT2D eigenvalue weighted by Crippen LogP contribution is 2.26. The molecule has 1 aromatic heterocycles. The Labute approximate surface area is 72.8 Å². The lowest BCUT2D eigenvalue weighted by Gasteiger charge is -2.05. The Kier molecular flexibility index (Phi) is 1.75. The Morgan fingerprint density at radius 1 is 1.50 bits per heavy atom. The molecule has 0 unspecified atom stereocenters. The summed E-state index contributed by atoms with van der Waals surface area (Å²) in [5, 5.41) is 0. The topological polar surface area (TPSA) is 38.9 Å². The van der Waals surface area contributed by atoms with Crippen molar-refractivity contribution in [1.29, 1.82) is 0 Å². The van der Waals surface area contributed by atoms with Gasteiger partial charge in [0.15, 0.2) is 0 Å². The number of aryl methyl sites for hydroxylation is 2. The third-order valence-electron chi connectivity index (χ3n) is 2.50. The van der Waals surface area contributed by atoms with Gasteiger partial charge in [-0.15, -0.1) is 0 Å². The third kappa shape index (κ3) is 1.07. The number of fused-ring (bicyclic) bond motifs is 1. The van der Waals surface area contributed by atoms with Gasteiger partial charge in [-0.05, 0) is 37.3 Å². The normalized spacial score (nSPS) is 14.8. The molecule has 0 radical (unpaired) electrons. The van der Waals surface area contributed by atoms with Gasteiger partial charge in [-0.2, -0.15) is 0 Å². The number of hydrogen-bond acceptors (Lipinski definition) is 2. The summed E-state index contributed by atoms with van der Waals surface area (Å²) in [5.74, 6) is 0. The predicted octanol–water partition coefficient (Wildman–Crippen LogP) is 1.71. The zero-order valence-corrected chi connectivity index (χ0v) is 7.43. The molecular weight excluding hydrogens is 148 g/mol. The van der Waals surface area contributed by atoms with Crippen LogP contribution < -0.4 is 5.73 Å². The Morgan fingerprint density at radius 3 is 3.08 bits per heavy atom. The highest BCUT2D eigenvalue weighted by molar-refractivity contribution is 5.51. The van der Waals surface area contributed by atoms with E-state index in [2.05, 4.69) is 11.9 Å². The van der Waals surface area contributed by atoms with Gasteiger partial charge in [0.2, 0.25) is 0 Å². The summed E-state index contributed by atoms with van der Waals surface area (Å²) < 4.78 is 0. The molecule has 1 aliphatic carbocycles. The van der Waals surface area contributed by atoms with Crippen LogP contribution in [0.25, 0.3) is 0 Å². The van der Waals surface area contributed by atoms with Crippen molar-refractivity contribution in [2.24, 2.45) is 0 Å². The number of pyridine rings is 1. The molecule has 0 fully saturated rings. The summed E-state index contributed by atoms with van der Waals surface area (Å²) in [6.45, 7) is 2.11. The Bertz CT molecular complexity index is 305. The van der Waals surface area contributed by atoms with Crippen LogP contribution in [0.4, 0.5) is 5.69 Å². The Morgan fingerprint density at radius 2 is 2.33 bits per heavy atom. The zero-order chi connectivity index (χ0) is 8.55. The largest absolute Gasteiger partial charge is 0.398 e. The summed E-state index contributed by atoms with van der Waals surface area (Å²) in [6.07, 6.45) is 4.45. The molecule has 12 heavy (non-hydrogen) atoms. The first-order chi connectivity index (χ1) is 5.81. The third-order valence-corrected chi connectivity index (χ3v) is 2.50. The maximum Gasteiger partial charge on any atom is 0.0459 e. The highest BCUT2D eigenvalue weighted by atomic mass is 14.7. The number of nitrogen functional groups attached to an aromatic ring is 1. The molecule has 0 amide bonds. The monoisotopic (exact) mass is 162 g/mol. The van der Waals surface area contributed by atoms with E-state index in [-0.39, 0.29) is 0 Å². The quantitative estimate of drug-likeness (QED) is 0.682. The van der Waals surface area contributed by atoms with Crippen molar-refractivity contribution in [2.45, 2.75) is 32.6 Å². The van der Waals surface area contributed by atoms with Gasteiger partial charge >= 0.3 is 0 Å². The highest BCUT2D eigenvalue weighted by Gasteiger charge is 2.15. The van der Waals surface area contributed by atoms with E-state index < -0.39 is 0 Å². The van der Waals surface area contributed by atoms with Gasteiger partial charge in [0.05, 0.1) is 0 Å². The van der Waals surface area contributed by atoms with Crippen molar-refractivity contribution in [3.8, 4) is 0 Å². The summed E-state index contributed by atoms with van der Waals surface area (Å²) in [7, 11) is 0. The molecule has 2 rings (SSSR count). The van der Waals surface area contributed by atoms with Gasteiger partial charge < -0.3 is 5.73 Å². The molecule has 64 valence electrons. The minimum absolute atomic E-state index is 0.953. The van der Waals surface area contributed by atoms with E-state index in [1.54, 1.807) is 0 Å². The summed E-state index contributed by atoms with van der Waals surface area (Å²) in [4.78, 5) is 4.55. The van der Waals surface area contributed by atoms with Crippen LogP contribution in [0.5, 0.6) is 0 Å². The fraction of sp³-hybridized carbons (Fsp3) is 0.500. The standard InChI is InChI=1S/C10H14N2/c1-2-7-6-9(11)8-4-3-5-10(8)12-7/h6H,2-5H2,1H3,(H2,11,12). The Hall–Kier alpha value is -1.05. The maximum absolute atomic E-state index is 5.91. The van der Waals surface area contributed by atoms with Crippen LogP contribution in [-0.2, 0) is 19.3 Å². The molecule has 1 heterocycles. The SMILES string of the molecule is CCc1cc(N)c2c(n1)CCC2. The van der Waals surface area contributed by atoms with Crippen LogP contribution in [0, 0.1) is 0 Å². The van der Waals surface area contributed by atoms with Crippen LogP contribution in [0.1, 0.15) is 30.3 Å². The summed E-state index contributed by atoms with van der Waals surface area (Å²) in [5.41, 5.74) is 10.5. The van der Waals surface area contributed by atoms with Crippen molar-refractivity contribution in [3.05, 3.63) is 23.0 Å². The van der Waals surface area contributed by atoms with Gasteiger partial charge in [-0.3, -0.25) is 4.98 Å². The predicted molar refractivity (Wildman–Crippen MR) is 50.1 cm³/mol. The number of hydrogen-bond donors (Lipinski definition) is 1. The fourth-order valence-corrected chi connectivity index (χ4v) is 1.82. The molecule has 2 heteroatoms. The van der Waals surface area contributed by atoms with Gasteiger partial charge in [0.1, 0.15) is 0 Å². The van der Waals surface area contributed by atoms with Crippen molar-refractivity contribution in [2.75, 3.05) is 5.73 Å². The second kappa shape index (κ2) is 2.77. The number of anilines is 1. The van der Waals surface area contributed by atoms with Crippen LogP contribution in [0.2, 0.25) is 0 Å². The molecule has 2 nitrogen and oxygen atoms in total. The van der Waals surface area contributed by atoms with E-state index in [0.717, 1.165) is 30.6 Å². The lowest BCUT2D eigenvalue weighted by atomic mass is 10.1. The maximum atomic E-state index is 5.91. The van der Waals surface area contributed by atoms with E-state index in [9.17, 15) is 0 Å². The van der Waals surface area contributed by atoms with Crippen molar-refractivity contribution < 1.29 is 0 Å². The number of nitrogens with zero attached hydrogens (tertiary/aromatic N) is 1. The number of rotatable bonds is 1. The molecule has 0 spiro atoms. The molecule has 2 N–H and O–H groups in total. The molecule has 1 aliphatic rings. The van der Waals surface area contributed by atoms with Gasteiger partial charge in [0, 0.05) is 17.1 Å². The van der Waals surface area contributed by atoms with Crippen LogP contribution in [0.3, 0.4) is 0 Å². The fourth-order valence-electron chi connectivity index (χ4n) is 1.82. The number of nitrogens with two attached hydrogens (primary N) is 1. The summed E-state index contributed by atoms with van der Waals surface area (Å²) >= 11 is 0. The molecule has 0 saturated heterocycles. The van der Waals surface area contributed by atoms with Crippen LogP contribution >= 0.6 is 0 Å². The molecular formula is C10H14N2. The van der Waals surface area contributed by atoms with E-state index in [1.165, 1.54) is 17.7 Å². The second-order valence-electron chi connectivity index (χ2n) is 3.34. The Balaban J connectivity index is 2.51. The molecule has 0 atom stereocenters. The number of aromatic nitrogens is 1. The minimum atomic E-state index is 0.953. The average Bonchev–Trinajstić information content (AvgIpc) is 2.52. The second-order valence-corrected chi connectivity index (χ2v) is 3.34. The van der Waals surface area contributed by atoms with E-state index in [0.29, 0.717) is 0 Å². The minimum Gasteiger partial charge on any atom is -0.398 e. The molecule has 0 bridgehead atoms. The van der Waals surface area contributed by atoms with Crippen molar-refractivity contribution >= 4 is 5.69 Å². The lowest BCUT2D eigenvalue weighted by Crippen LogP contribution is -1.99. The van der Waals surface area contributed by atoms with Crippen molar-refractivity contribution in [3.63, 3.8) is 0 Å². The van der Waals surface area contributed by atoms with Crippen LogP contribution in [-0.4, -0.2) is 4.98 Å². The van der Waals surface area contributed by atoms with Gasteiger partial charge in [-0.1, -0.05) is 6.92 Å². The molecule has 1 aromatic rings. The van der Waals surface area contributed by atoms with Gasteiger partial charge in [0.25, 0.3) is 0 Å². The molecule has 0 aliphatic heterocycles. The first-order valence-electron chi connectivity index (χ1n) is 4.58. The smallest absolute Gasteiger partial charge is 0.0459 e. The molecule has 0 aromatic carbocycles. The summed E-state index contributed by atoms with van der Waals surface area (Å²) in [6, 6.07) is 2.02. The van der Waals surface area contributed by atoms with Crippen molar-refractivity contribution in [1.82, 2.24) is 4.98 Å². The molecule has 0 saturated carbocycles. The average molecular weight is 162 g/mol.